The van der Waals surface area contributed by atoms with Gasteiger partial charge in [-0.2, -0.15) is 13.2 Å². The van der Waals surface area contributed by atoms with Gasteiger partial charge in [-0.05, 0) is 26.0 Å². The molecule has 0 aliphatic carbocycles. The SMILES string of the molecule is COC(C)(C)CNc1cc(C(F)(F)F)cnc1C(=N)OC(=N)N[C@H]1N=C(c2ccccc2)c2ccccc2NC1=O. The number of halogens is 3. The summed E-state index contributed by atoms with van der Waals surface area (Å²) in [5.74, 6) is -1.31. The summed E-state index contributed by atoms with van der Waals surface area (Å²) in [7, 11) is 1.46. The molecule has 2 heterocycles. The molecule has 1 amide bonds. The van der Waals surface area contributed by atoms with Gasteiger partial charge in [0.15, 0.2) is 0 Å². The molecule has 10 nitrogen and oxygen atoms in total. The van der Waals surface area contributed by atoms with Crippen LogP contribution in [0.2, 0.25) is 0 Å². The Kier molecular flexibility index (Phi) is 8.38. The van der Waals surface area contributed by atoms with Crippen LogP contribution in [0, 0.1) is 10.8 Å². The Morgan fingerprint density at radius 3 is 2.44 bits per heavy atom. The summed E-state index contributed by atoms with van der Waals surface area (Å²) in [5, 5.41) is 24.7. The van der Waals surface area contributed by atoms with Crippen LogP contribution < -0.4 is 16.0 Å². The maximum Gasteiger partial charge on any atom is 0.417 e. The second-order valence-electron chi connectivity index (χ2n) is 9.62. The number of anilines is 2. The molecule has 13 heteroatoms. The largest absolute Gasteiger partial charge is 0.417 e. The highest BCUT2D eigenvalue weighted by atomic mass is 19.4. The minimum Gasteiger partial charge on any atom is -0.405 e. The number of aromatic nitrogens is 1. The van der Waals surface area contributed by atoms with Crippen molar-refractivity contribution in [3.05, 3.63) is 89.2 Å². The number of rotatable bonds is 7. The zero-order valence-electron chi connectivity index (χ0n) is 22.4. The van der Waals surface area contributed by atoms with Crippen LogP contribution in [0.4, 0.5) is 24.5 Å². The number of methoxy groups -OCH3 is 1. The van der Waals surface area contributed by atoms with E-state index in [1.54, 1.807) is 38.1 Å². The Morgan fingerprint density at radius 1 is 1.07 bits per heavy atom. The molecule has 0 radical (unpaired) electrons. The predicted molar refractivity (Wildman–Crippen MR) is 149 cm³/mol. The first-order valence-electron chi connectivity index (χ1n) is 12.4. The molecular weight excluding hydrogens is 539 g/mol. The number of carbonyl (C=O) groups is 1. The Balaban J connectivity index is 1.57. The van der Waals surface area contributed by atoms with Crippen molar-refractivity contribution < 1.29 is 27.4 Å². The molecule has 0 unspecified atom stereocenters. The van der Waals surface area contributed by atoms with Gasteiger partial charge in [-0.1, -0.05) is 48.5 Å². The van der Waals surface area contributed by atoms with Crippen molar-refractivity contribution in [2.45, 2.75) is 31.8 Å². The maximum absolute atomic E-state index is 13.4. The van der Waals surface area contributed by atoms with E-state index in [0.717, 1.165) is 11.6 Å². The van der Waals surface area contributed by atoms with Gasteiger partial charge < -0.3 is 25.4 Å². The minimum atomic E-state index is -4.67. The minimum absolute atomic E-state index is 0.0856. The lowest BCUT2D eigenvalue weighted by Crippen LogP contribution is -2.43. The van der Waals surface area contributed by atoms with Crippen LogP contribution in [-0.4, -0.2) is 53.9 Å². The van der Waals surface area contributed by atoms with Crippen LogP contribution in [0.25, 0.3) is 0 Å². The smallest absolute Gasteiger partial charge is 0.405 e. The number of carbonyl (C=O) groups excluding carboxylic acids is 1. The lowest BCUT2D eigenvalue weighted by atomic mass is 10.0. The fraction of sp³-hybridized carbons (Fsp3) is 0.250. The van der Waals surface area contributed by atoms with E-state index in [4.69, 9.17) is 20.3 Å². The Labute approximate surface area is 234 Å². The summed E-state index contributed by atoms with van der Waals surface area (Å²) < 4.78 is 50.7. The molecule has 1 aliphatic heterocycles. The molecule has 1 aliphatic rings. The van der Waals surface area contributed by atoms with E-state index in [0.29, 0.717) is 23.2 Å². The summed E-state index contributed by atoms with van der Waals surface area (Å²) in [6, 6.07) is 16.3. The third-order valence-electron chi connectivity index (χ3n) is 6.15. The van der Waals surface area contributed by atoms with E-state index in [1.165, 1.54) is 7.11 Å². The zero-order valence-corrected chi connectivity index (χ0v) is 22.4. The Morgan fingerprint density at radius 2 is 1.76 bits per heavy atom. The lowest BCUT2D eigenvalue weighted by molar-refractivity contribution is -0.137. The quantitative estimate of drug-likeness (QED) is 0.208. The maximum atomic E-state index is 13.4. The standard InChI is InChI=1S/C28H28F3N7O3/c1-27(2,40-3)15-35-20-13-17(28(29,30)31)14-34-22(20)23(32)41-26(33)38-24-25(39)36-19-12-8-7-11-18(19)21(37-24)16-9-5-4-6-10-16/h4-14,24,32,35H,15H2,1-3H3,(H2,33,38)(H,36,39)/t24-/m1/s1. The molecule has 0 saturated carbocycles. The van der Waals surface area contributed by atoms with Crippen LogP contribution in [0.1, 0.15) is 36.2 Å². The fourth-order valence-corrected chi connectivity index (χ4v) is 3.80. The van der Waals surface area contributed by atoms with Gasteiger partial charge in [0.25, 0.3) is 11.9 Å². The van der Waals surface area contributed by atoms with Crippen molar-refractivity contribution >= 4 is 34.9 Å². The first kappa shape index (κ1) is 29.2. The summed E-state index contributed by atoms with van der Waals surface area (Å²) >= 11 is 0. The monoisotopic (exact) mass is 567 g/mol. The number of ether oxygens (including phenoxy) is 2. The van der Waals surface area contributed by atoms with Crippen molar-refractivity contribution in [3.8, 4) is 0 Å². The molecule has 1 aromatic heterocycles. The Hall–Kier alpha value is -4.78. The van der Waals surface area contributed by atoms with Crippen molar-refractivity contribution in [1.29, 1.82) is 10.8 Å². The second kappa shape index (κ2) is 11.8. The molecule has 0 bridgehead atoms. The highest BCUT2D eigenvalue weighted by Gasteiger charge is 2.33. The van der Waals surface area contributed by atoms with E-state index < -0.39 is 41.3 Å². The van der Waals surface area contributed by atoms with Crippen LogP contribution in [0.15, 0.2) is 71.9 Å². The first-order chi connectivity index (χ1) is 19.4. The number of alkyl halides is 3. The molecule has 4 rings (SSSR count). The van der Waals surface area contributed by atoms with Crippen molar-refractivity contribution in [1.82, 2.24) is 10.3 Å². The number of nitrogens with zero attached hydrogens (tertiary/aromatic N) is 2. The van der Waals surface area contributed by atoms with Gasteiger partial charge >= 0.3 is 6.18 Å². The summed E-state index contributed by atoms with van der Waals surface area (Å²) in [6.07, 6.45) is -5.42. The van der Waals surface area contributed by atoms with Gasteiger partial charge in [-0.15, -0.1) is 0 Å². The molecule has 41 heavy (non-hydrogen) atoms. The molecule has 3 aromatic rings. The topological polar surface area (TPSA) is 145 Å². The van der Waals surface area contributed by atoms with Gasteiger partial charge in [0, 0.05) is 31.0 Å². The van der Waals surface area contributed by atoms with Crippen LogP contribution in [0.3, 0.4) is 0 Å². The van der Waals surface area contributed by atoms with Crippen molar-refractivity contribution in [2.75, 3.05) is 24.3 Å². The van der Waals surface area contributed by atoms with Gasteiger partial charge in [0.05, 0.1) is 28.3 Å². The van der Waals surface area contributed by atoms with Gasteiger partial charge in [-0.3, -0.25) is 15.6 Å². The Bertz CT molecular complexity index is 1490. The van der Waals surface area contributed by atoms with Gasteiger partial charge in [-0.25, -0.2) is 9.98 Å². The average Bonchev–Trinajstić information content (AvgIpc) is 3.07. The van der Waals surface area contributed by atoms with Crippen LogP contribution in [0.5, 0.6) is 0 Å². The number of amides is 1. The number of benzene rings is 2. The fourth-order valence-electron chi connectivity index (χ4n) is 3.80. The number of hydrogen-bond acceptors (Lipinski definition) is 8. The summed E-state index contributed by atoms with van der Waals surface area (Å²) in [6.45, 7) is 3.53. The number of benzodiazepines with no additional fused rings is 1. The van der Waals surface area contributed by atoms with Crippen molar-refractivity contribution in [3.63, 3.8) is 0 Å². The van der Waals surface area contributed by atoms with Gasteiger partial charge in [0.1, 0.15) is 5.69 Å². The second-order valence-corrected chi connectivity index (χ2v) is 9.62. The molecule has 0 fully saturated rings. The number of pyridine rings is 1. The third kappa shape index (κ3) is 7.06. The van der Waals surface area contributed by atoms with E-state index in [-0.39, 0.29) is 17.9 Å². The van der Waals surface area contributed by atoms with E-state index >= 15 is 0 Å². The van der Waals surface area contributed by atoms with Crippen LogP contribution in [-0.2, 0) is 20.4 Å². The molecule has 1 atom stereocenters. The summed E-state index contributed by atoms with van der Waals surface area (Å²) in [4.78, 5) is 21.3. The normalized spacial score (nSPS) is 15.1. The first-order valence-corrected chi connectivity index (χ1v) is 12.4. The number of hydrogen-bond donors (Lipinski definition) is 5. The average molecular weight is 568 g/mol. The zero-order chi connectivity index (χ0) is 29.8. The molecule has 0 spiro atoms. The number of nitrogens with one attached hydrogen (secondary N) is 5. The van der Waals surface area contributed by atoms with Crippen molar-refractivity contribution in [2.24, 2.45) is 4.99 Å². The highest BCUT2D eigenvalue weighted by Crippen LogP contribution is 2.32. The third-order valence-corrected chi connectivity index (χ3v) is 6.15. The van der Waals surface area contributed by atoms with Gasteiger partial charge in [0.2, 0.25) is 12.1 Å². The van der Waals surface area contributed by atoms with E-state index in [9.17, 15) is 18.0 Å². The molecular formula is C28H28F3N7O3. The number of amidine groups is 1. The molecule has 5 N–H and O–H groups in total. The number of para-hydroxylation sites is 1. The van der Waals surface area contributed by atoms with E-state index in [1.807, 2.05) is 30.3 Å². The van der Waals surface area contributed by atoms with Crippen LogP contribution >= 0.6 is 0 Å². The molecule has 214 valence electrons. The number of fused-ring (bicyclic) bond motifs is 1. The highest BCUT2D eigenvalue weighted by molar-refractivity contribution is 6.19. The summed E-state index contributed by atoms with van der Waals surface area (Å²) in [5.41, 5.74) is 0.203. The number of aliphatic imine (C=N–C) groups is 1. The van der Waals surface area contributed by atoms with E-state index in [2.05, 4.69) is 25.9 Å². The molecule has 2 aromatic carbocycles. The lowest BCUT2D eigenvalue weighted by Gasteiger charge is -2.25. The molecule has 0 saturated heterocycles. The predicted octanol–water partition coefficient (Wildman–Crippen LogP) is 4.62.